The number of halogens is 3. The summed E-state index contributed by atoms with van der Waals surface area (Å²) in [7, 11) is 1.26. The number of carbonyl (C=O) groups excluding carboxylic acids is 1. The van der Waals surface area contributed by atoms with Crippen molar-refractivity contribution in [2.45, 2.75) is 19.8 Å². The minimum atomic E-state index is -1.22. The molecule has 0 saturated heterocycles. The maximum atomic E-state index is 13.3. The van der Waals surface area contributed by atoms with E-state index >= 15 is 0 Å². The van der Waals surface area contributed by atoms with Gasteiger partial charge in [-0.15, -0.1) is 0 Å². The van der Waals surface area contributed by atoms with Crippen molar-refractivity contribution in [3.05, 3.63) is 35.1 Å². The second kappa shape index (κ2) is 5.70. The van der Waals surface area contributed by atoms with Crippen LogP contribution in [0.2, 0.25) is 0 Å². The van der Waals surface area contributed by atoms with Crippen LogP contribution < -0.4 is 0 Å². The molecule has 17 heavy (non-hydrogen) atoms. The van der Waals surface area contributed by atoms with Gasteiger partial charge in [0.05, 0.1) is 7.11 Å². The maximum absolute atomic E-state index is 13.3. The first kappa shape index (κ1) is 13.5. The number of carbonyl (C=O) groups is 1. The molecule has 0 aliphatic carbocycles. The smallest absolute Gasteiger partial charge is 0.305 e. The summed E-state index contributed by atoms with van der Waals surface area (Å²) < 4.78 is 43.3. The lowest BCUT2D eigenvalue weighted by Crippen LogP contribution is -2.10. The third-order valence-electron chi connectivity index (χ3n) is 2.40. The van der Waals surface area contributed by atoms with Gasteiger partial charge in [0, 0.05) is 12.5 Å². The number of ether oxygens (including phenoxy) is 1. The van der Waals surface area contributed by atoms with Gasteiger partial charge in [-0.05, 0) is 24.0 Å². The molecule has 0 amide bonds. The van der Waals surface area contributed by atoms with Gasteiger partial charge in [-0.3, -0.25) is 4.79 Å². The van der Waals surface area contributed by atoms with Crippen LogP contribution in [0.3, 0.4) is 0 Å². The molecular weight excluding hydrogens is 233 g/mol. The molecule has 1 aromatic rings. The summed E-state index contributed by atoms with van der Waals surface area (Å²) in [6, 6.07) is 1.33. The SMILES string of the molecule is COC(=O)C[C@H](C)Cc1cc(F)c(F)cc1F. The molecule has 0 aliphatic heterocycles. The Bertz CT molecular complexity index is 418. The van der Waals surface area contributed by atoms with Gasteiger partial charge in [0.1, 0.15) is 5.82 Å². The zero-order valence-electron chi connectivity index (χ0n) is 9.60. The fraction of sp³-hybridized carbons (Fsp3) is 0.417. The Labute approximate surface area is 97.4 Å². The van der Waals surface area contributed by atoms with Crippen molar-refractivity contribution in [2.75, 3.05) is 7.11 Å². The summed E-state index contributed by atoms with van der Waals surface area (Å²) in [5, 5.41) is 0. The van der Waals surface area contributed by atoms with E-state index in [0.29, 0.717) is 6.07 Å². The molecule has 0 N–H and O–H groups in total. The van der Waals surface area contributed by atoms with Gasteiger partial charge >= 0.3 is 5.97 Å². The van der Waals surface area contributed by atoms with Crippen LogP contribution in [0.25, 0.3) is 0 Å². The first-order valence-corrected chi connectivity index (χ1v) is 5.14. The predicted octanol–water partition coefficient (Wildman–Crippen LogP) is 2.85. The van der Waals surface area contributed by atoms with Crippen LogP contribution in [0.15, 0.2) is 12.1 Å². The van der Waals surface area contributed by atoms with E-state index in [2.05, 4.69) is 4.74 Å². The molecule has 0 spiro atoms. The van der Waals surface area contributed by atoms with E-state index in [1.807, 2.05) is 0 Å². The van der Waals surface area contributed by atoms with Crippen LogP contribution >= 0.6 is 0 Å². The standard InChI is InChI=1S/C12H13F3O2/c1-7(4-12(16)17-2)3-8-5-10(14)11(15)6-9(8)13/h5-7H,3-4H2,1-2H3/t7-/m1/s1. The lowest BCUT2D eigenvalue weighted by atomic mass is 9.97. The van der Waals surface area contributed by atoms with E-state index < -0.39 is 23.4 Å². The summed E-state index contributed by atoms with van der Waals surface area (Å²) in [6.45, 7) is 1.71. The molecule has 94 valence electrons. The third kappa shape index (κ3) is 3.76. The summed E-state index contributed by atoms with van der Waals surface area (Å²) in [6.07, 6.45) is 0.257. The van der Waals surface area contributed by atoms with Crippen LogP contribution in [-0.4, -0.2) is 13.1 Å². The average molecular weight is 246 g/mol. The Morgan fingerprint density at radius 2 is 1.82 bits per heavy atom. The average Bonchev–Trinajstić information content (AvgIpc) is 2.25. The molecule has 1 rings (SSSR count). The Hall–Kier alpha value is -1.52. The topological polar surface area (TPSA) is 26.3 Å². The largest absolute Gasteiger partial charge is 0.469 e. The molecule has 0 aliphatic rings. The van der Waals surface area contributed by atoms with Crippen molar-refractivity contribution in [2.24, 2.45) is 5.92 Å². The number of hydrogen-bond donors (Lipinski definition) is 0. The second-order valence-electron chi connectivity index (χ2n) is 3.95. The molecule has 0 bridgehead atoms. The lowest BCUT2D eigenvalue weighted by molar-refractivity contribution is -0.141. The van der Waals surface area contributed by atoms with Crippen LogP contribution in [0.1, 0.15) is 18.9 Å². The van der Waals surface area contributed by atoms with Crippen molar-refractivity contribution in [1.82, 2.24) is 0 Å². The first-order chi connectivity index (χ1) is 7.93. The minimum absolute atomic E-state index is 0.0558. The molecule has 2 nitrogen and oxygen atoms in total. The quantitative estimate of drug-likeness (QED) is 0.603. The molecule has 0 saturated carbocycles. The van der Waals surface area contributed by atoms with E-state index in [0.717, 1.165) is 6.07 Å². The highest BCUT2D eigenvalue weighted by atomic mass is 19.2. The van der Waals surface area contributed by atoms with Crippen LogP contribution in [0.5, 0.6) is 0 Å². The fourth-order valence-corrected chi connectivity index (χ4v) is 1.54. The van der Waals surface area contributed by atoms with Gasteiger partial charge < -0.3 is 4.74 Å². The monoisotopic (exact) mass is 246 g/mol. The fourth-order valence-electron chi connectivity index (χ4n) is 1.54. The summed E-state index contributed by atoms with van der Waals surface area (Å²) in [5.41, 5.74) is 0.0558. The zero-order valence-corrected chi connectivity index (χ0v) is 9.60. The molecule has 0 fully saturated rings. The van der Waals surface area contributed by atoms with Crippen molar-refractivity contribution >= 4 is 5.97 Å². The third-order valence-corrected chi connectivity index (χ3v) is 2.40. The van der Waals surface area contributed by atoms with Gasteiger partial charge in [-0.2, -0.15) is 0 Å². The Kier molecular flexibility index (Phi) is 4.54. The van der Waals surface area contributed by atoms with Gasteiger partial charge in [0.25, 0.3) is 0 Å². The van der Waals surface area contributed by atoms with Gasteiger partial charge in [-0.25, -0.2) is 13.2 Å². The number of methoxy groups -OCH3 is 1. The summed E-state index contributed by atoms with van der Waals surface area (Å²) in [4.78, 5) is 11.0. The summed E-state index contributed by atoms with van der Waals surface area (Å²) in [5.74, 6) is -3.73. The number of hydrogen-bond acceptors (Lipinski definition) is 2. The molecule has 0 unspecified atom stereocenters. The second-order valence-corrected chi connectivity index (χ2v) is 3.95. The number of benzene rings is 1. The summed E-state index contributed by atoms with van der Waals surface area (Å²) >= 11 is 0. The molecule has 5 heteroatoms. The van der Waals surface area contributed by atoms with Crippen LogP contribution in [-0.2, 0) is 16.0 Å². The van der Waals surface area contributed by atoms with Crippen molar-refractivity contribution in [3.8, 4) is 0 Å². The number of rotatable bonds is 4. The van der Waals surface area contributed by atoms with Gasteiger partial charge in [-0.1, -0.05) is 6.92 Å². The van der Waals surface area contributed by atoms with E-state index in [1.165, 1.54) is 7.11 Å². The molecule has 1 aromatic carbocycles. The van der Waals surface area contributed by atoms with Crippen LogP contribution in [0, 0.1) is 23.4 Å². The Balaban J connectivity index is 2.74. The number of esters is 1. The van der Waals surface area contributed by atoms with Gasteiger partial charge in [0.15, 0.2) is 11.6 Å². The van der Waals surface area contributed by atoms with Crippen molar-refractivity contribution in [1.29, 1.82) is 0 Å². The normalized spacial score (nSPS) is 12.3. The highest BCUT2D eigenvalue weighted by Gasteiger charge is 2.15. The molecule has 0 aromatic heterocycles. The van der Waals surface area contributed by atoms with E-state index in [9.17, 15) is 18.0 Å². The highest BCUT2D eigenvalue weighted by molar-refractivity contribution is 5.69. The Morgan fingerprint density at radius 3 is 2.41 bits per heavy atom. The van der Waals surface area contributed by atoms with Gasteiger partial charge in [0.2, 0.25) is 0 Å². The predicted molar refractivity (Wildman–Crippen MR) is 55.8 cm³/mol. The first-order valence-electron chi connectivity index (χ1n) is 5.14. The van der Waals surface area contributed by atoms with Crippen molar-refractivity contribution in [3.63, 3.8) is 0 Å². The zero-order chi connectivity index (χ0) is 13.0. The van der Waals surface area contributed by atoms with E-state index in [-0.39, 0.29) is 24.3 Å². The minimum Gasteiger partial charge on any atom is -0.469 e. The Morgan fingerprint density at radius 1 is 1.24 bits per heavy atom. The molecule has 0 radical (unpaired) electrons. The molecular formula is C12H13F3O2. The highest BCUT2D eigenvalue weighted by Crippen LogP contribution is 2.18. The molecule has 0 heterocycles. The van der Waals surface area contributed by atoms with Crippen LogP contribution in [0.4, 0.5) is 13.2 Å². The van der Waals surface area contributed by atoms with E-state index in [4.69, 9.17) is 0 Å². The van der Waals surface area contributed by atoms with E-state index in [1.54, 1.807) is 6.92 Å². The molecule has 1 atom stereocenters. The van der Waals surface area contributed by atoms with Crippen molar-refractivity contribution < 1.29 is 22.7 Å². The maximum Gasteiger partial charge on any atom is 0.305 e. The lowest BCUT2D eigenvalue weighted by Gasteiger charge is -2.11.